The van der Waals surface area contributed by atoms with Crippen LogP contribution in [-0.4, -0.2) is 15.2 Å². The summed E-state index contributed by atoms with van der Waals surface area (Å²) in [6.07, 6.45) is 0.844. The molecule has 0 aliphatic carbocycles. The summed E-state index contributed by atoms with van der Waals surface area (Å²) in [6.45, 7) is 2.03. The number of nitrogens with one attached hydrogen (secondary N) is 1. The van der Waals surface area contributed by atoms with E-state index in [-0.39, 0.29) is 0 Å². The van der Waals surface area contributed by atoms with Crippen molar-refractivity contribution < 1.29 is 0 Å². The molecule has 0 saturated carbocycles. The maximum absolute atomic E-state index is 5.74. The van der Waals surface area contributed by atoms with E-state index in [4.69, 9.17) is 5.73 Å². The van der Waals surface area contributed by atoms with E-state index >= 15 is 0 Å². The average Bonchev–Trinajstić information content (AvgIpc) is 2.64. The van der Waals surface area contributed by atoms with Crippen LogP contribution >= 0.6 is 15.9 Å². The van der Waals surface area contributed by atoms with Crippen LogP contribution in [0.3, 0.4) is 0 Å². The van der Waals surface area contributed by atoms with Gasteiger partial charge in [0, 0.05) is 22.1 Å². The largest absolute Gasteiger partial charge is 0.399 e. The topological polar surface area (TPSA) is 67.6 Å². The van der Waals surface area contributed by atoms with Crippen molar-refractivity contribution in [3.63, 3.8) is 0 Å². The van der Waals surface area contributed by atoms with Crippen LogP contribution in [0.2, 0.25) is 0 Å². The van der Waals surface area contributed by atoms with Crippen LogP contribution < -0.4 is 5.73 Å². The molecule has 2 aromatic rings. The molecule has 1 aromatic carbocycles. The lowest BCUT2D eigenvalue weighted by Crippen LogP contribution is -1.88. The molecule has 0 unspecified atom stereocenters. The number of hydrogen-bond acceptors (Lipinski definition) is 3. The first-order valence-electron chi connectivity index (χ1n) is 4.66. The zero-order chi connectivity index (χ0) is 10.8. The molecular weight excluding hydrogens is 256 g/mol. The zero-order valence-corrected chi connectivity index (χ0v) is 9.87. The average molecular weight is 267 g/mol. The minimum absolute atomic E-state index is 0.680. The van der Waals surface area contributed by atoms with Crippen molar-refractivity contribution in [1.82, 2.24) is 15.2 Å². The molecule has 0 bridgehead atoms. The minimum Gasteiger partial charge on any atom is -0.399 e. The van der Waals surface area contributed by atoms with Crippen LogP contribution in [0, 0.1) is 0 Å². The van der Waals surface area contributed by atoms with E-state index in [0.29, 0.717) is 11.5 Å². The summed E-state index contributed by atoms with van der Waals surface area (Å²) in [4.78, 5) is 4.34. The fraction of sp³-hybridized carbons (Fsp3) is 0.200. The van der Waals surface area contributed by atoms with Crippen LogP contribution in [0.4, 0.5) is 5.69 Å². The van der Waals surface area contributed by atoms with Gasteiger partial charge in [0.05, 0.1) is 0 Å². The van der Waals surface area contributed by atoms with E-state index in [1.807, 2.05) is 25.1 Å². The highest BCUT2D eigenvalue weighted by Crippen LogP contribution is 2.23. The fourth-order valence-electron chi connectivity index (χ4n) is 1.32. The van der Waals surface area contributed by atoms with Gasteiger partial charge in [-0.3, -0.25) is 5.10 Å². The van der Waals surface area contributed by atoms with E-state index in [1.54, 1.807) is 0 Å². The Morgan fingerprint density at radius 2 is 2.20 bits per heavy atom. The first-order chi connectivity index (χ1) is 7.19. The van der Waals surface area contributed by atoms with Gasteiger partial charge in [0.15, 0.2) is 5.82 Å². The molecule has 0 fully saturated rings. The Labute approximate surface area is 96.0 Å². The molecule has 0 aliphatic rings. The summed E-state index contributed by atoms with van der Waals surface area (Å²) in [5.74, 6) is 1.56. The number of nitrogens with zero attached hydrogens (tertiary/aromatic N) is 2. The minimum atomic E-state index is 0.680. The molecule has 1 aromatic heterocycles. The number of hydrogen-bond donors (Lipinski definition) is 2. The number of aryl methyl sites for hydroxylation is 1. The second-order valence-electron chi connectivity index (χ2n) is 3.23. The lowest BCUT2D eigenvalue weighted by molar-refractivity contribution is 0.946. The molecule has 4 nitrogen and oxygen atoms in total. The van der Waals surface area contributed by atoms with Crippen molar-refractivity contribution in [2.75, 3.05) is 5.73 Å². The van der Waals surface area contributed by atoms with Gasteiger partial charge in [0.2, 0.25) is 0 Å². The van der Waals surface area contributed by atoms with Gasteiger partial charge in [-0.1, -0.05) is 22.9 Å². The van der Waals surface area contributed by atoms with Gasteiger partial charge in [0.25, 0.3) is 0 Å². The third-order valence-corrected chi connectivity index (χ3v) is 2.50. The van der Waals surface area contributed by atoms with E-state index in [1.165, 1.54) is 0 Å². The number of anilines is 1. The van der Waals surface area contributed by atoms with Gasteiger partial charge in [-0.05, 0) is 18.2 Å². The molecule has 1 heterocycles. The lowest BCUT2D eigenvalue weighted by atomic mass is 10.2. The Kier molecular flexibility index (Phi) is 2.73. The number of halogens is 1. The third-order valence-electron chi connectivity index (χ3n) is 2.04. The third kappa shape index (κ3) is 2.18. The predicted molar refractivity (Wildman–Crippen MR) is 63.3 cm³/mol. The van der Waals surface area contributed by atoms with Crippen molar-refractivity contribution in [1.29, 1.82) is 0 Å². The van der Waals surface area contributed by atoms with E-state index in [2.05, 4.69) is 31.1 Å². The Balaban J connectivity index is 2.44. The second kappa shape index (κ2) is 4.02. The van der Waals surface area contributed by atoms with Crippen LogP contribution in [0.1, 0.15) is 12.7 Å². The van der Waals surface area contributed by atoms with Crippen molar-refractivity contribution in [3.05, 3.63) is 28.5 Å². The number of nitrogens with two attached hydrogens (primary N) is 1. The van der Waals surface area contributed by atoms with Crippen molar-refractivity contribution in [3.8, 4) is 11.4 Å². The summed E-state index contributed by atoms with van der Waals surface area (Å²) in [7, 11) is 0. The molecule has 0 radical (unpaired) electrons. The molecule has 15 heavy (non-hydrogen) atoms. The first kappa shape index (κ1) is 10.2. The van der Waals surface area contributed by atoms with Gasteiger partial charge in [0.1, 0.15) is 5.82 Å². The van der Waals surface area contributed by atoms with Crippen LogP contribution in [0.25, 0.3) is 11.4 Å². The quantitative estimate of drug-likeness (QED) is 0.821. The maximum Gasteiger partial charge on any atom is 0.181 e. The highest BCUT2D eigenvalue weighted by atomic mass is 79.9. The molecular formula is C10H11BrN4. The number of H-pyrrole nitrogens is 1. The summed E-state index contributed by atoms with van der Waals surface area (Å²) in [5, 5.41) is 7.00. The van der Waals surface area contributed by atoms with Gasteiger partial charge in [-0.2, -0.15) is 5.10 Å². The second-order valence-corrected chi connectivity index (χ2v) is 4.15. The molecule has 5 heteroatoms. The fourth-order valence-corrected chi connectivity index (χ4v) is 1.83. The summed E-state index contributed by atoms with van der Waals surface area (Å²) in [5.41, 5.74) is 7.35. The molecule has 0 saturated heterocycles. The number of aromatic nitrogens is 3. The molecule has 78 valence electrons. The molecule has 0 spiro atoms. The number of rotatable bonds is 2. The van der Waals surface area contributed by atoms with Gasteiger partial charge < -0.3 is 5.73 Å². The number of aromatic amines is 1. The maximum atomic E-state index is 5.74. The first-order valence-corrected chi connectivity index (χ1v) is 5.46. The highest BCUT2D eigenvalue weighted by Gasteiger charge is 2.06. The Hall–Kier alpha value is -1.36. The van der Waals surface area contributed by atoms with Gasteiger partial charge in [-0.15, -0.1) is 0 Å². The summed E-state index contributed by atoms with van der Waals surface area (Å²) in [6, 6.07) is 5.64. The Morgan fingerprint density at radius 1 is 1.40 bits per heavy atom. The van der Waals surface area contributed by atoms with E-state index in [9.17, 15) is 0 Å². The van der Waals surface area contributed by atoms with E-state index in [0.717, 1.165) is 22.3 Å². The monoisotopic (exact) mass is 266 g/mol. The Bertz CT molecular complexity index is 458. The van der Waals surface area contributed by atoms with Crippen LogP contribution in [0.5, 0.6) is 0 Å². The standard InChI is InChI=1S/C10H11BrN4/c1-2-9-13-10(15-14-9)6-3-7(11)5-8(12)4-6/h3-5H,2,12H2,1H3,(H,13,14,15). The lowest BCUT2D eigenvalue weighted by Gasteiger charge is -1.99. The number of nitrogen functional groups attached to an aromatic ring is 1. The van der Waals surface area contributed by atoms with Gasteiger partial charge in [-0.25, -0.2) is 4.98 Å². The summed E-state index contributed by atoms with van der Waals surface area (Å²) < 4.78 is 0.931. The normalized spacial score (nSPS) is 10.5. The molecule has 0 aliphatic heterocycles. The smallest absolute Gasteiger partial charge is 0.181 e. The SMILES string of the molecule is CCc1nc(-c2cc(N)cc(Br)c2)n[nH]1. The highest BCUT2D eigenvalue weighted by molar-refractivity contribution is 9.10. The van der Waals surface area contributed by atoms with Crippen molar-refractivity contribution in [2.45, 2.75) is 13.3 Å². The van der Waals surface area contributed by atoms with Gasteiger partial charge >= 0.3 is 0 Å². The Morgan fingerprint density at radius 3 is 2.80 bits per heavy atom. The zero-order valence-electron chi connectivity index (χ0n) is 8.29. The van der Waals surface area contributed by atoms with Crippen LogP contribution in [-0.2, 0) is 6.42 Å². The van der Waals surface area contributed by atoms with Crippen LogP contribution in [0.15, 0.2) is 22.7 Å². The van der Waals surface area contributed by atoms with Crippen molar-refractivity contribution >= 4 is 21.6 Å². The molecule has 3 N–H and O–H groups in total. The van der Waals surface area contributed by atoms with Crippen molar-refractivity contribution in [2.24, 2.45) is 0 Å². The summed E-state index contributed by atoms with van der Waals surface area (Å²) >= 11 is 3.39. The molecule has 0 amide bonds. The van der Waals surface area contributed by atoms with E-state index < -0.39 is 0 Å². The molecule has 2 rings (SSSR count). The molecule has 0 atom stereocenters. The number of benzene rings is 1. The predicted octanol–water partition coefficient (Wildman–Crippen LogP) is 2.38.